The first-order chi connectivity index (χ1) is 21.6. The number of hydrogen-bond acceptors (Lipinski definition) is 8. The molecule has 0 radical (unpaired) electrons. The maximum Gasteiger partial charge on any atom is 0.338 e. The maximum atomic E-state index is 12.6. The summed E-state index contributed by atoms with van der Waals surface area (Å²) in [5.74, 6) is -0.207. The Morgan fingerprint density at radius 1 is 1.00 bits per heavy atom. The minimum Gasteiger partial charge on any atom is -0.493 e. The quantitative estimate of drug-likeness (QED) is 0.131. The summed E-state index contributed by atoms with van der Waals surface area (Å²) in [7, 11) is 1.43. The zero-order valence-electron chi connectivity index (χ0n) is 25.0. The predicted molar refractivity (Wildman–Crippen MR) is 170 cm³/mol. The summed E-state index contributed by atoms with van der Waals surface area (Å²) in [6.45, 7) is 5.42. The number of urea groups is 1. The number of ether oxygens (including phenoxy) is 4. The molecule has 11 nitrogen and oxygen atoms in total. The Bertz CT molecular complexity index is 1620. The molecule has 0 saturated heterocycles. The molecule has 1 aliphatic rings. The van der Waals surface area contributed by atoms with Crippen molar-refractivity contribution in [2.75, 3.05) is 20.3 Å². The number of carbonyl (C=O) groups excluding carboxylic acids is 3. The molecule has 0 aromatic heterocycles. The van der Waals surface area contributed by atoms with Gasteiger partial charge in [-0.25, -0.2) is 15.0 Å². The van der Waals surface area contributed by atoms with Gasteiger partial charge in [-0.15, -0.1) is 0 Å². The van der Waals surface area contributed by atoms with Gasteiger partial charge >= 0.3 is 12.0 Å². The Morgan fingerprint density at radius 2 is 1.71 bits per heavy atom. The van der Waals surface area contributed by atoms with E-state index >= 15 is 0 Å². The van der Waals surface area contributed by atoms with Gasteiger partial charge in [-0.3, -0.25) is 4.79 Å². The molecule has 13 heteroatoms. The van der Waals surface area contributed by atoms with Crippen LogP contribution in [-0.2, 0) is 20.9 Å². The van der Waals surface area contributed by atoms with Crippen LogP contribution in [0.5, 0.6) is 17.2 Å². The normalized spacial score (nSPS) is 14.4. The van der Waals surface area contributed by atoms with Gasteiger partial charge < -0.3 is 29.6 Å². The van der Waals surface area contributed by atoms with Gasteiger partial charge in [-0.2, -0.15) is 5.10 Å². The lowest BCUT2D eigenvalue weighted by atomic mass is 9.95. The molecule has 0 spiro atoms. The number of halogens is 2. The largest absolute Gasteiger partial charge is 0.493 e. The third kappa shape index (κ3) is 8.68. The Morgan fingerprint density at radius 3 is 2.38 bits per heavy atom. The second kappa shape index (κ2) is 15.3. The van der Waals surface area contributed by atoms with Crippen molar-refractivity contribution in [3.05, 3.63) is 98.2 Å². The number of carbonyl (C=O) groups is 3. The predicted octanol–water partition coefficient (Wildman–Crippen LogP) is 5.61. The van der Waals surface area contributed by atoms with E-state index in [1.807, 2.05) is 31.2 Å². The first-order valence-corrected chi connectivity index (χ1v) is 14.6. The highest BCUT2D eigenvalue weighted by Crippen LogP contribution is 2.36. The van der Waals surface area contributed by atoms with Crippen LogP contribution in [0.2, 0.25) is 10.0 Å². The molecule has 3 aromatic rings. The third-order valence-electron chi connectivity index (χ3n) is 6.57. The van der Waals surface area contributed by atoms with E-state index in [0.29, 0.717) is 39.2 Å². The van der Waals surface area contributed by atoms with Crippen LogP contribution >= 0.6 is 23.2 Å². The Labute approximate surface area is 270 Å². The Kier molecular flexibility index (Phi) is 11.3. The van der Waals surface area contributed by atoms with E-state index in [4.69, 9.17) is 42.1 Å². The molecule has 3 N–H and O–H groups in total. The summed E-state index contributed by atoms with van der Waals surface area (Å²) >= 11 is 12.8. The molecule has 0 aliphatic carbocycles. The molecule has 0 saturated carbocycles. The number of methoxy groups -OCH3 is 1. The topological polar surface area (TPSA) is 137 Å². The van der Waals surface area contributed by atoms with E-state index in [1.54, 1.807) is 44.2 Å². The van der Waals surface area contributed by atoms with E-state index in [1.165, 1.54) is 13.3 Å². The number of nitrogens with one attached hydrogen (secondary N) is 3. The second-order valence-electron chi connectivity index (χ2n) is 9.87. The molecule has 1 aliphatic heterocycles. The van der Waals surface area contributed by atoms with Crippen molar-refractivity contribution >= 4 is 47.3 Å². The molecular weight excluding hydrogens is 623 g/mol. The molecule has 0 unspecified atom stereocenters. The van der Waals surface area contributed by atoms with E-state index < -0.39 is 23.9 Å². The molecule has 0 fully saturated rings. The number of nitrogens with zero attached hydrogens (tertiary/aromatic N) is 1. The van der Waals surface area contributed by atoms with Crippen LogP contribution in [0, 0.1) is 6.92 Å². The first kappa shape index (κ1) is 33.2. The average molecular weight is 656 g/mol. The van der Waals surface area contributed by atoms with Crippen LogP contribution in [0.15, 0.2) is 71.0 Å². The van der Waals surface area contributed by atoms with E-state index in [2.05, 4.69) is 21.2 Å². The summed E-state index contributed by atoms with van der Waals surface area (Å²) in [6.07, 6.45) is 1.39. The van der Waals surface area contributed by atoms with Gasteiger partial charge in [0.25, 0.3) is 5.91 Å². The number of esters is 1. The fourth-order valence-corrected chi connectivity index (χ4v) is 5.01. The van der Waals surface area contributed by atoms with E-state index in [0.717, 1.165) is 11.1 Å². The fourth-order valence-electron chi connectivity index (χ4n) is 4.39. The number of aryl methyl sites for hydroxylation is 1. The van der Waals surface area contributed by atoms with Crippen LogP contribution < -0.4 is 30.3 Å². The molecule has 45 heavy (non-hydrogen) atoms. The number of hydrazone groups is 1. The van der Waals surface area contributed by atoms with Crippen molar-refractivity contribution in [1.82, 2.24) is 16.1 Å². The lowest BCUT2D eigenvalue weighted by Gasteiger charge is -2.28. The highest BCUT2D eigenvalue weighted by molar-refractivity contribution is 6.37. The van der Waals surface area contributed by atoms with Gasteiger partial charge in [-0.1, -0.05) is 59.1 Å². The van der Waals surface area contributed by atoms with Gasteiger partial charge in [0.05, 0.1) is 41.6 Å². The molecule has 0 bridgehead atoms. The van der Waals surface area contributed by atoms with E-state index in [9.17, 15) is 14.4 Å². The number of allylic oxidation sites excluding steroid dienone is 1. The van der Waals surface area contributed by atoms with Gasteiger partial charge in [0.15, 0.2) is 23.9 Å². The summed E-state index contributed by atoms with van der Waals surface area (Å²) in [5, 5.41) is 9.86. The molecule has 236 valence electrons. The minimum absolute atomic E-state index is 0.177. The van der Waals surface area contributed by atoms with Gasteiger partial charge in [0, 0.05) is 5.70 Å². The standard InChI is InChI=1S/C32H32Cl2N4O7/c1-5-43-31(40)28-19(3)36-32(41)37-29(28)22-10-11-25(26(14-22)42-4)44-17-27(39)38-35-15-21-12-23(33)30(24(34)13-21)45-16-20-8-6-18(2)7-9-20/h6-15,29H,5,16-17H2,1-4H3,(H,38,39)(H2,36,37,41)/b35-15-/t29-/m0/s1. The van der Waals surface area contributed by atoms with Crippen LogP contribution in [-0.4, -0.2) is 44.4 Å². The average Bonchev–Trinajstić information content (AvgIpc) is 3.00. The van der Waals surface area contributed by atoms with Crippen LogP contribution in [0.3, 0.4) is 0 Å². The summed E-state index contributed by atoms with van der Waals surface area (Å²) in [6, 6.07) is 14.7. The van der Waals surface area contributed by atoms with Crippen LogP contribution in [0.25, 0.3) is 0 Å². The van der Waals surface area contributed by atoms with Crippen molar-refractivity contribution < 1.29 is 33.3 Å². The lowest BCUT2D eigenvalue weighted by Crippen LogP contribution is -2.45. The van der Waals surface area contributed by atoms with Gasteiger partial charge in [0.2, 0.25) is 0 Å². The minimum atomic E-state index is -0.783. The van der Waals surface area contributed by atoms with Gasteiger partial charge in [-0.05, 0) is 61.7 Å². The number of rotatable bonds is 12. The highest BCUT2D eigenvalue weighted by Gasteiger charge is 2.32. The van der Waals surface area contributed by atoms with Crippen molar-refractivity contribution in [2.45, 2.75) is 33.4 Å². The maximum absolute atomic E-state index is 12.6. The smallest absolute Gasteiger partial charge is 0.338 e. The van der Waals surface area contributed by atoms with Crippen molar-refractivity contribution in [1.29, 1.82) is 0 Å². The number of benzene rings is 3. The molecule has 1 heterocycles. The zero-order valence-corrected chi connectivity index (χ0v) is 26.5. The first-order valence-electron chi connectivity index (χ1n) is 13.8. The SMILES string of the molecule is CCOC(=O)C1=C(C)NC(=O)N[C@H]1c1ccc(OCC(=O)N/N=C\c2cc(Cl)c(OCc3ccc(C)cc3)c(Cl)c2)c(OC)c1. The number of amides is 3. The summed E-state index contributed by atoms with van der Waals surface area (Å²) < 4.78 is 22.1. The van der Waals surface area contributed by atoms with Crippen molar-refractivity contribution in [3.8, 4) is 17.2 Å². The summed E-state index contributed by atoms with van der Waals surface area (Å²) in [4.78, 5) is 37.2. The van der Waals surface area contributed by atoms with Crippen LogP contribution in [0.4, 0.5) is 4.79 Å². The monoisotopic (exact) mass is 654 g/mol. The Hall–Kier alpha value is -4.74. The molecule has 3 amide bonds. The lowest BCUT2D eigenvalue weighted by molar-refractivity contribution is -0.139. The second-order valence-corrected chi connectivity index (χ2v) is 10.7. The summed E-state index contributed by atoms with van der Waals surface area (Å²) in [5.41, 5.74) is 6.24. The van der Waals surface area contributed by atoms with Gasteiger partial charge in [0.1, 0.15) is 6.61 Å². The molecule has 4 rings (SSSR count). The van der Waals surface area contributed by atoms with Crippen LogP contribution in [0.1, 0.15) is 42.1 Å². The zero-order chi connectivity index (χ0) is 32.5. The highest BCUT2D eigenvalue weighted by atomic mass is 35.5. The molecule has 1 atom stereocenters. The number of hydrogen-bond donors (Lipinski definition) is 3. The fraction of sp³-hybridized carbons (Fsp3) is 0.250. The van der Waals surface area contributed by atoms with E-state index in [-0.39, 0.29) is 30.3 Å². The van der Waals surface area contributed by atoms with Crippen molar-refractivity contribution in [3.63, 3.8) is 0 Å². The molecular formula is C32H32Cl2N4O7. The third-order valence-corrected chi connectivity index (χ3v) is 7.13. The Balaban J connectivity index is 1.35. The molecule has 3 aromatic carbocycles. The van der Waals surface area contributed by atoms with Crippen molar-refractivity contribution in [2.24, 2.45) is 5.10 Å².